The van der Waals surface area contributed by atoms with Gasteiger partial charge in [-0.2, -0.15) is 5.26 Å². The number of nitriles is 1. The second-order valence-electron chi connectivity index (χ2n) is 4.07. The molecule has 0 aliphatic carbocycles. The topological polar surface area (TPSA) is 96.0 Å². The maximum atomic E-state index is 12.1. The molecule has 0 aliphatic heterocycles. The van der Waals surface area contributed by atoms with Crippen molar-refractivity contribution in [2.24, 2.45) is 0 Å². The van der Waals surface area contributed by atoms with Gasteiger partial charge in [-0.15, -0.1) is 0 Å². The number of nitrogens with zero attached hydrogens (tertiary/aromatic N) is 2. The van der Waals surface area contributed by atoms with Crippen molar-refractivity contribution >= 4 is 33.2 Å². The minimum Gasteiger partial charge on any atom is -0.321 e. The van der Waals surface area contributed by atoms with E-state index in [0.29, 0.717) is 15.7 Å². The predicted molar refractivity (Wildman–Crippen MR) is 79.9 cm³/mol. The highest BCUT2D eigenvalue weighted by Gasteiger charge is 2.12. The summed E-state index contributed by atoms with van der Waals surface area (Å²) in [6, 6.07) is 12.1. The standard InChI is InChI=1S/C14H8BrN3O3/c15-12-6-9(8-16)4-5-13(12)17-14(19)10-2-1-3-11(7-10)18(20)21/h1-7H,(H,17,19). The Morgan fingerprint density at radius 3 is 2.67 bits per heavy atom. The Morgan fingerprint density at radius 1 is 1.29 bits per heavy atom. The predicted octanol–water partition coefficient (Wildman–Crippen LogP) is 3.48. The molecule has 2 aromatic carbocycles. The van der Waals surface area contributed by atoms with Crippen LogP contribution in [-0.4, -0.2) is 10.8 Å². The average Bonchev–Trinajstić information content (AvgIpc) is 2.49. The molecule has 0 fully saturated rings. The lowest BCUT2D eigenvalue weighted by molar-refractivity contribution is -0.384. The molecule has 0 bridgehead atoms. The van der Waals surface area contributed by atoms with Crippen molar-refractivity contribution in [1.82, 2.24) is 0 Å². The fourth-order valence-electron chi connectivity index (χ4n) is 1.64. The van der Waals surface area contributed by atoms with E-state index >= 15 is 0 Å². The van der Waals surface area contributed by atoms with Crippen LogP contribution in [-0.2, 0) is 0 Å². The Kier molecular flexibility index (Phi) is 4.30. The average molecular weight is 346 g/mol. The van der Waals surface area contributed by atoms with Gasteiger partial charge in [0.15, 0.2) is 0 Å². The largest absolute Gasteiger partial charge is 0.321 e. The normalized spacial score (nSPS) is 9.71. The molecule has 7 heteroatoms. The highest BCUT2D eigenvalue weighted by Crippen LogP contribution is 2.24. The molecule has 21 heavy (non-hydrogen) atoms. The quantitative estimate of drug-likeness (QED) is 0.680. The highest BCUT2D eigenvalue weighted by molar-refractivity contribution is 9.10. The second-order valence-corrected chi connectivity index (χ2v) is 4.92. The molecule has 1 amide bonds. The molecular formula is C14H8BrN3O3. The minimum atomic E-state index is -0.561. The lowest BCUT2D eigenvalue weighted by Crippen LogP contribution is -2.12. The summed E-state index contributed by atoms with van der Waals surface area (Å²) in [6.45, 7) is 0. The maximum absolute atomic E-state index is 12.1. The van der Waals surface area contributed by atoms with Crippen molar-refractivity contribution in [3.8, 4) is 6.07 Å². The van der Waals surface area contributed by atoms with Gasteiger partial charge in [0.2, 0.25) is 0 Å². The highest BCUT2D eigenvalue weighted by atomic mass is 79.9. The first-order chi connectivity index (χ1) is 10.0. The van der Waals surface area contributed by atoms with Crippen molar-refractivity contribution in [2.45, 2.75) is 0 Å². The summed E-state index contributed by atoms with van der Waals surface area (Å²) in [4.78, 5) is 22.2. The molecule has 0 atom stereocenters. The molecule has 0 unspecified atom stereocenters. The van der Waals surface area contributed by atoms with Gasteiger partial charge in [-0.05, 0) is 40.2 Å². The molecule has 0 saturated carbocycles. The summed E-state index contributed by atoms with van der Waals surface area (Å²) in [6.07, 6.45) is 0. The zero-order valence-corrected chi connectivity index (χ0v) is 12.1. The van der Waals surface area contributed by atoms with Crippen molar-refractivity contribution in [1.29, 1.82) is 5.26 Å². The zero-order valence-electron chi connectivity index (χ0n) is 10.5. The summed E-state index contributed by atoms with van der Waals surface area (Å²) in [5, 5.41) is 22.1. The van der Waals surface area contributed by atoms with Crippen LogP contribution in [0, 0.1) is 21.4 Å². The lowest BCUT2D eigenvalue weighted by Gasteiger charge is -2.07. The number of nitrogens with one attached hydrogen (secondary N) is 1. The van der Waals surface area contributed by atoms with Gasteiger partial charge in [0.25, 0.3) is 11.6 Å². The van der Waals surface area contributed by atoms with Gasteiger partial charge in [-0.25, -0.2) is 0 Å². The fourth-order valence-corrected chi connectivity index (χ4v) is 2.12. The van der Waals surface area contributed by atoms with Crippen LogP contribution in [0.5, 0.6) is 0 Å². The number of nitro benzene ring substituents is 1. The Hall–Kier alpha value is -2.72. The number of carbonyl (C=O) groups is 1. The van der Waals surface area contributed by atoms with Crippen LogP contribution in [0.15, 0.2) is 46.9 Å². The molecule has 0 saturated heterocycles. The first-order valence-electron chi connectivity index (χ1n) is 5.76. The smallest absolute Gasteiger partial charge is 0.270 e. The van der Waals surface area contributed by atoms with E-state index in [-0.39, 0.29) is 11.3 Å². The Morgan fingerprint density at radius 2 is 2.05 bits per heavy atom. The summed E-state index contributed by atoms with van der Waals surface area (Å²) in [5.74, 6) is -0.468. The molecule has 2 aromatic rings. The maximum Gasteiger partial charge on any atom is 0.270 e. The summed E-state index contributed by atoms with van der Waals surface area (Å²) in [7, 11) is 0. The third-order valence-electron chi connectivity index (χ3n) is 2.67. The van der Waals surface area contributed by atoms with E-state index in [1.54, 1.807) is 18.2 Å². The van der Waals surface area contributed by atoms with Gasteiger partial charge >= 0.3 is 0 Å². The van der Waals surface area contributed by atoms with Crippen LogP contribution in [0.2, 0.25) is 0 Å². The van der Waals surface area contributed by atoms with Crippen molar-refractivity contribution in [2.75, 3.05) is 5.32 Å². The number of hydrogen-bond acceptors (Lipinski definition) is 4. The molecule has 1 N–H and O–H groups in total. The van der Waals surface area contributed by atoms with Gasteiger partial charge in [-0.3, -0.25) is 14.9 Å². The molecule has 0 spiro atoms. The molecule has 6 nitrogen and oxygen atoms in total. The summed E-state index contributed by atoms with van der Waals surface area (Å²) >= 11 is 3.25. The van der Waals surface area contributed by atoms with Crippen molar-refractivity contribution in [3.05, 3.63) is 68.2 Å². The van der Waals surface area contributed by atoms with E-state index in [1.165, 1.54) is 24.3 Å². The summed E-state index contributed by atoms with van der Waals surface area (Å²) < 4.78 is 0.556. The van der Waals surface area contributed by atoms with Crippen LogP contribution in [0.1, 0.15) is 15.9 Å². The van der Waals surface area contributed by atoms with Crippen LogP contribution >= 0.6 is 15.9 Å². The monoisotopic (exact) mass is 345 g/mol. The van der Waals surface area contributed by atoms with Gasteiger partial charge < -0.3 is 5.32 Å². The molecule has 0 heterocycles. The van der Waals surface area contributed by atoms with E-state index in [4.69, 9.17) is 5.26 Å². The Bertz CT molecular complexity index is 768. The van der Waals surface area contributed by atoms with Crippen molar-refractivity contribution < 1.29 is 9.72 Å². The number of anilines is 1. The van der Waals surface area contributed by atoms with E-state index in [9.17, 15) is 14.9 Å². The Balaban J connectivity index is 2.24. The SMILES string of the molecule is N#Cc1ccc(NC(=O)c2cccc([N+](=O)[O-])c2)c(Br)c1. The molecule has 104 valence electrons. The second kappa shape index (κ2) is 6.15. The zero-order chi connectivity index (χ0) is 15.4. The molecule has 0 aromatic heterocycles. The summed E-state index contributed by atoms with van der Waals surface area (Å²) in [5.41, 5.74) is 0.961. The number of carbonyl (C=O) groups excluding carboxylic acids is 1. The van der Waals surface area contributed by atoms with Gasteiger partial charge in [0.05, 0.1) is 22.2 Å². The first-order valence-corrected chi connectivity index (χ1v) is 6.56. The van der Waals surface area contributed by atoms with Gasteiger partial charge in [0.1, 0.15) is 0 Å². The number of non-ortho nitro benzene ring substituents is 1. The van der Waals surface area contributed by atoms with E-state index in [0.717, 1.165) is 0 Å². The molecule has 0 aliphatic rings. The minimum absolute atomic E-state index is 0.151. The van der Waals surface area contributed by atoms with E-state index < -0.39 is 10.8 Å². The van der Waals surface area contributed by atoms with Gasteiger partial charge in [0, 0.05) is 22.2 Å². The van der Waals surface area contributed by atoms with Gasteiger partial charge in [-0.1, -0.05) is 6.07 Å². The number of benzene rings is 2. The Labute approximate surface area is 128 Å². The van der Waals surface area contributed by atoms with Crippen molar-refractivity contribution in [3.63, 3.8) is 0 Å². The lowest BCUT2D eigenvalue weighted by atomic mass is 10.1. The molecule has 0 radical (unpaired) electrons. The number of rotatable bonds is 3. The molecular weight excluding hydrogens is 338 g/mol. The number of hydrogen-bond donors (Lipinski definition) is 1. The van der Waals surface area contributed by atoms with Crippen LogP contribution < -0.4 is 5.32 Å². The first kappa shape index (κ1) is 14.7. The van der Waals surface area contributed by atoms with E-state index in [1.807, 2.05) is 6.07 Å². The molecule has 2 rings (SSSR count). The van der Waals surface area contributed by atoms with Crippen LogP contribution in [0.25, 0.3) is 0 Å². The number of nitro groups is 1. The number of amides is 1. The third-order valence-corrected chi connectivity index (χ3v) is 3.32. The van der Waals surface area contributed by atoms with Crippen LogP contribution in [0.4, 0.5) is 11.4 Å². The van der Waals surface area contributed by atoms with E-state index in [2.05, 4.69) is 21.2 Å². The fraction of sp³-hybridized carbons (Fsp3) is 0. The third kappa shape index (κ3) is 3.43. The number of halogens is 1. The van der Waals surface area contributed by atoms with Crippen LogP contribution in [0.3, 0.4) is 0 Å².